The minimum atomic E-state index is -1.06. The van der Waals surface area contributed by atoms with E-state index < -0.39 is 12.3 Å². The predicted molar refractivity (Wildman–Crippen MR) is 26.8 cm³/mol. The Hall–Kier alpha value is -0.800. The van der Waals surface area contributed by atoms with Crippen molar-refractivity contribution in [3.8, 4) is 0 Å². The van der Waals surface area contributed by atoms with Crippen molar-refractivity contribution in [2.75, 3.05) is 13.2 Å². The van der Waals surface area contributed by atoms with E-state index in [0.29, 0.717) is 0 Å². The van der Waals surface area contributed by atoms with Gasteiger partial charge in [0.15, 0.2) is 0 Å². The van der Waals surface area contributed by atoms with Gasteiger partial charge in [0.05, 0.1) is 6.61 Å². The fourth-order valence-electron chi connectivity index (χ4n) is 0.554. The van der Waals surface area contributed by atoms with Gasteiger partial charge in [-0.2, -0.15) is 0 Å². The largest absolute Gasteiger partial charge is 0.508 e. The fourth-order valence-corrected chi connectivity index (χ4v) is 0.554. The average Bonchev–Trinajstić information content (AvgIpc) is 1.97. The third kappa shape index (κ3) is 1.87. The van der Waals surface area contributed by atoms with Gasteiger partial charge in [-0.15, -0.1) is 0 Å². The zero-order valence-electron chi connectivity index (χ0n) is 4.80. The molecule has 0 aliphatic carbocycles. The van der Waals surface area contributed by atoms with Crippen molar-refractivity contribution in [3.63, 3.8) is 0 Å². The molecule has 1 aliphatic rings. The van der Waals surface area contributed by atoms with Crippen LogP contribution in [0.15, 0.2) is 0 Å². The second-order valence-corrected chi connectivity index (χ2v) is 1.80. The lowest BCUT2D eigenvalue weighted by Gasteiger charge is -1.97. The first kappa shape index (κ1) is 6.32. The second kappa shape index (κ2) is 2.66. The SMILES string of the molecule is O=C1OCCC(F)CO1. The van der Waals surface area contributed by atoms with Gasteiger partial charge in [-0.1, -0.05) is 0 Å². The van der Waals surface area contributed by atoms with Crippen molar-refractivity contribution in [2.24, 2.45) is 0 Å². The van der Waals surface area contributed by atoms with Crippen molar-refractivity contribution in [1.29, 1.82) is 0 Å². The van der Waals surface area contributed by atoms with Crippen LogP contribution in [0.3, 0.4) is 0 Å². The van der Waals surface area contributed by atoms with Gasteiger partial charge in [0.25, 0.3) is 0 Å². The quantitative estimate of drug-likeness (QED) is 0.461. The molecule has 1 rings (SSSR count). The van der Waals surface area contributed by atoms with Crippen LogP contribution in [0.25, 0.3) is 0 Å². The van der Waals surface area contributed by atoms with Crippen molar-refractivity contribution >= 4 is 6.16 Å². The summed E-state index contributed by atoms with van der Waals surface area (Å²) < 4.78 is 20.9. The molecule has 1 fully saturated rings. The highest BCUT2D eigenvalue weighted by Gasteiger charge is 2.16. The summed E-state index contributed by atoms with van der Waals surface area (Å²) >= 11 is 0. The minimum Gasteiger partial charge on any atom is -0.434 e. The predicted octanol–water partition coefficient (Wildman–Crippen LogP) is 0.881. The van der Waals surface area contributed by atoms with Gasteiger partial charge in [0.1, 0.15) is 12.8 Å². The molecule has 1 unspecified atom stereocenters. The molecule has 0 spiro atoms. The van der Waals surface area contributed by atoms with Gasteiger partial charge in [-0.3, -0.25) is 0 Å². The van der Waals surface area contributed by atoms with E-state index in [4.69, 9.17) is 0 Å². The van der Waals surface area contributed by atoms with Crippen LogP contribution in [0.1, 0.15) is 6.42 Å². The van der Waals surface area contributed by atoms with Gasteiger partial charge in [-0.05, 0) is 0 Å². The highest BCUT2D eigenvalue weighted by atomic mass is 19.1. The molecule has 1 saturated heterocycles. The van der Waals surface area contributed by atoms with Crippen LogP contribution < -0.4 is 0 Å². The lowest BCUT2D eigenvalue weighted by atomic mass is 10.3. The summed E-state index contributed by atoms with van der Waals surface area (Å²) in [5, 5.41) is 0. The molecule has 1 heterocycles. The maximum Gasteiger partial charge on any atom is 0.508 e. The Morgan fingerprint density at radius 1 is 1.56 bits per heavy atom. The van der Waals surface area contributed by atoms with Gasteiger partial charge in [0, 0.05) is 6.42 Å². The van der Waals surface area contributed by atoms with Crippen molar-refractivity contribution in [3.05, 3.63) is 0 Å². The van der Waals surface area contributed by atoms with E-state index in [0.717, 1.165) is 0 Å². The molecule has 0 aromatic carbocycles. The number of hydrogen-bond donors (Lipinski definition) is 0. The number of cyclic esters (lactones) is 2. The highest BCUT2D eigenvalue weighted by Crippen LogP contribution is 2.04. The molecule has 52 valence electrons. The molecule has 0 saturated carbocycles. The number of carbonyl (C=O) groups excluding carboxylic acids is 1. The Labute approximate surface area is 51.7 Å². The Bertz CT molecular complexity index is 115. The standard InChI is InChI=1S/C5H7FO3/c6-4-1-2-8-5(7)9-3-4/h4H,1-3H2. The Morgan fingerprint density at radius 3 is 3.11 bits per heavy atom. The second-order valence-electron chi connectivity index (χ2n) is 1.80. The van der Waals surface area contributed by atoms with Crippen molar-refractivity contribution < 1.29 is 18.7 Å². The van der Waals surface area contributed by atoms with Crippen LogP contribution >= 0.6 is 0 Å². The first-order chi connectivity index (χ1) is 4.29. The van der Waals surface area contributed by atoms with Crippen LogP contribution in [-0.4, -0.2) is 25.5 Å². The van der Waals surface area contributed by atoms with Gasteiger partial charge in [0.2, 0.25) is 0 Å². The number of hydrogen-bond acceptors (Lipinski definition) is 3. The third-order valence-electron chi connectivity index (χ3n) is 1.03. The van der Waals surface area contributed by atoms with E-state index >= 15 is 0 Å². The van der Waals surface area contributed by atoms with Crippen LogP contribution in [0.4, 0.5) is 9.18 Å². The van der Waals surface area contributed by atoms with E-state index in [1.807, 2.05) is 0 Å². The summed E-state index contributed by atoms with van der Waals surface area (Å²) in [5.41, 5.74) is 0. The lowest BCUT2D eigenvalue weighted by molar-refractivity contribution is 0.0672. The molecule has 0 bridgehead atoms. The van der Waals surface area contributed by atoms with E-state index in [-0.39, 0.29) is 19.6 Å². The first-order valence-electron chi connectivity index (χ1n) is 2.72. The smallest absolute Gasteiger partial charge is 0.434 e. The zero-order chi connectivity index (χ0) is 6.69. The Balaban J connectivity index is 2.34. The van der Waals surface area contributed by atoms with Gasteiger partial charge < -0.3 is 9.47 Å². The third-order valence-corrected chi connectivity index (χ3v) is 1.03. The van der Waals surface area contributed by atoms with Crippen molar-refractivity contribution in [2.45, 2.75) is 12.6 Å². The molecule has 0 amide bonds. The maximum atomic E-state index is 12.3. The number of halogens is 1. The number of alkyl halides is 1. The summed E-state index contributed by atoms with van der Waals surface area (Å²) in [6.07, 6.45) is -1.59. The monoisotopic (exact) mass is 134 g/mol. The normalized spacial score (nSPS) is 28.1. The first-order valence-corrected chi connectivity index (χ1v) is 2.72. The summed E-state index contributed by atoms with van der Waals surface area (Å²) in [7, 11) is 0. The summed E-state index contributed by atoms with van der Waals surface area (Å²) in [5.74, 6) is 0. The Morgan fingerprint density at radius 2 is 2.33 bits per heavy atom. The topological polar surface area (TPSA) is 35.5 Å². The molecule has 0 aromatic rings. The summed E-state index contributed by atoms with van der Waals surface area (Å²) in [6, 6.07) is 0. The zero-order valence-corrected chi connectivity index (χ0v) is 4.80. The fraction of sp³-hybridized carbons (Fsp3) is 0.800. The van der Waals surface area contributed by atoms with Crippen LogP contribution in [0.2, 0.25) is 0 Å². The van der Waals surface area contributed by atoms with Gasteiger partial charge in [-0.25, -0.2) is 9.18 Å². The molecule has 1 atom stereocenters. The molecule has 1 aliphatic heterocycles. The van der Waals surface area contributed by atoms with Crippen molar-refractivity contribution in [1.82, 2.24) is 0 Å². The van der Waals surface area contributed by atoms with E-state index in [1.165, 1.54) is 0 Å². The Kier molecular flexibility index (Phi) is 1.87. The molecule has 3 nitrogen and oxygen atoms in total. The van der Waals surface area contributed by atoms with E-state index in [9.17, 15) is 9.18 Å². The molecule has 0 N–H and O–H groups in total. The molecule has 4 heteroatoms. The number of carbonyl (C=O) groups is 1. The van der Waals surface area contributed by atoms with E-state index in [2.05, 4.69) is 9.47 Å². The molecule has 0 radical (unpaired) electrons. The summed E-state index contributed by atoms with van der Waals surface area (Å²) in [4.78, 5) is 10.2. The van der Waals surface area contributed by atoms with E-state index in [1.54, 1.807) is 0 Å². The van der Waals surface area contributed by atoms with Crippen LogP contribution in [0.5, 0.6) is 0 Å². The number of ether oxygens (including phenoxy) is 2. The molecule has 0 aromatic heterocycles. The van der Waals surface area contributed by atoms with Crippen LogP contribution in [-0.2, 0) is 9.47 Å². The van der Waals surface area contributed by atoms with Gasteiger partial charge >= 0.3 is 6.16 Å². The summed E-state index contributed by atoms with van der Waals surface area (Å²) in [6.45, 7) is -0.0428. The maximum absolute atomic E-state index is 12.3. The molecule has 9 heavy (non-hydrogen) atoms. The minimum absolute atomic E-state index is 0.125. The average molecular weight is 134 g/mol. The van der Waals surface area contributed by atoms with Crippen LogP contribution in [0, 0.1) is 0 Å². The highest BCUT2D eigenvalue weighted by molar-refractivity contribution is 5.60. The lowest BCUT2D eigenvalue weighted by Crippen LogP contribution is -2.08. The number of rotatable bonds is 0. The molecular formula is C5H7FO3. The molecular weight excluding hydrogens is 127 g/mol.